The minimum absolute atomic E-state index is 0.279. The second-order valence-electron chi connectivity index (χ2n) is 5.05. The van der Waals surface area contributed by atoms with Gasteiger partial charge in [0.15, 0.2) is 0 Å². The van der Waals surface area contributed by atoms with Crippen molar-refractivity contribution in [2.45, 2.75) is 38.6 Å². The first kappa shape index (κ1) is 14.4. The Labute approximate surface area is 117 Å². The van der Waals surface area contributed by atoms with Crippen molar-refractivity contribution in [2.75, 3.05) is 13.1 Å². The van der Waals surface area contributed by atoms with Crippen molar-refractivity contribution in [3.63, 3.8) is 0 Å². The van der Waals surface area contributed by atoms with Crippen molar-refractivity contribution in [1.29, 1.82) is 0 Å². The molecule has 2 amide bonds. The Morgan fingerprint density at radius 3 is 3.05 bits per heavy atom. The van der Waals surface area contributed by atoms with Gasteiger partial charge < -0.3 is 15.3 Å². The minimum atomic E-state index is -0.924. The van der Waals surface area contributed by atoms with Crippen LogP contribution in [0.4, 0.5) is 4.79 Å². The van der Waals surface area contributed by atoms with E-state index in [4.69, 9.17) is 5.11 Å². The number of hydrogen-bond acceptors (Lipinski definition) is 3. The summed E-state index contributed by atoms with van der Waals surface area (Å²) in [5.74, 6) is -0.924. The Hall–Kier alpha value is -2.05. The molecule has 110 valence electrons. The van der Waals surface area contributed by atoms with Gasteiger partial charge in [-0.15, -0.1) is 0 Å². The van der Waals surface area contributed by atoms with Gasteiger partial charge in [-0.05, 0) is 38.2 Å². The highest BCUT2D eigenvalue weighted by Crippen LogP contribution is 2.17. The normalized spacial score (nSPS) is 18.2. The zero-order valence-electron chi connectivity index (χ0n) is 11.6. The maximum Gasteiger partial charge on any atom is 0.326 e. The fraction of sp³-hybridized carbons (Fsp3) is 0.615. The summed E-state index contributed by atoms with van der Waals surface area (Å²) < 4.78 is 0. The predicted octanol–water partition coefficient (Wildman–Crippen LogP) is 0.909. The van der Waals surface area contributed by atoms with Gasteiger partial charge in [-0.3, -0.25) is 5.10 Å². The highest BCUT2D eigenvalue weighted by Gasteiger charge is 2.33. The molecule has 20 heavy (non-hydrogen) atoms. The maximum atomic E-state index is 11.9. The van der Waals surface area contributed by atoms with E-state index >= 15 is 0 Å². The Morgan fingerprint density at radius 2 is 2.40 bits per heavy atom. The molecule has 1 atom stereocenters. The van der Waals surface area contributed by atoms with E-state index in [0.717, 1.165) is 30.5 Å². The summed E-state index contributed by atoms with van der Waals surface area (Å²) in [6, 6.07) is -0.954. The molecule has 7 heteroatoms. The first-order valence-corrected chi connectivity index (χ1v) is 6.85. The molecule has 1 aliphatic heterocycles. The molecule has 0 radical (unpaired) electrons. The third-order valence-electron chi connectivity index (χ3n) is 3.63. The number of likely N-dealkylation sites (tertiary alicyclic amines) is 1. The number of carbonyl (C=O) groups excluding carboxylic acids is 1. The van der Waals surface area contributed by atoms with Gasteiger partial charge in [0.25, 0.3) is 0 Å². The Kier molecular flexibility index (Phi) is 4.60. The van der Waals surface area contributed by atoms with Gasteiger partial charge in [-0.1, -0.05) is 0 Å². The average Bonchev–Trinajstić information content (AvgIpc) is 3.03. The number of carbonyl (C=O) groups is 2. The van der Waals surface area contributed by atoms with Crippen LogP contribution in [0.2, 0.25) is 0 Å². The molecule has 1 aliphatic rings. The standard InChI is InChI=1S/C13H20N4O3/c1-9-10(8-15-16-9)4-2-6-14-13(20)17-7-3-5-11(17)12(18)19/h8,11H,2-7H2,1H3,(H,14,20)(H,15,16)(H,18,19)/t11-/m0/s1. The third-order valence-corrected chi connectivity index (χ3v) is 3.63. The van der Waals surface area contributed by atoms with Crippen LogP contribution in [-0.4, -0.2) is 51.3 Å². The van der Waals surface area contributed by atoms with Gasteiger partial charge in [-0.2, -0.15) is 5.10 Å². The molecule has 1 fully saturated rings. The number of aliphatic carboxylic acids is 1. The number of rotatable bonds is 5. The van der Waals surface area contributed by atoms with Crippen molar-refractivity contribution in [1.82, 2.24) is 20.4 Å². The second-order valence-corrected chi connectivity index (χ2v) is 5.05. The van der Waals surface area contributed by atoms with Crippen LogP contribution in [-0.2, 0) is 11.2 Å². The SMILES string of the molecule is Cc1[nH]ncc1CCCNC(=O)N1CCC[C@H]1C(=O)O. The van der Waals surface area contributed by atoms with Crippen LogP contribution in [0, 0.1) is 6.92 Å². The predicted molar refractivity (Wildman–Crippen MR) is 72.4 cm³/mol. The number of carboxylic acid groups (broad SMARTS) is 1. The Balaban J connectivity index is 1.72. The van der Waals surface area contributed by atoms with Gasteiger partial charge in [0.2, 0.25) is 0 Å². The summed E-state index contributed by atoms with van der Waals surface area (Å²) in [6.07, 6.45) is 4.72. The first-order chi connectivity index (χ1) is 9.59. The molecule has 1 aromatic rings. The number of carboxylic acids is 1. The minimum Gasteiger partial charge on any atom is -0.480 e. The van der Waals surface area contributed by atoms with E-state index in [9.17, 15) is 9.59 Å². The number of aromatic amines is 1. The van der Waals surface area contributed by atoms with E-state index in [-0.39, 0.29) is 6.03 Å². The summed E-state index contributed by atoms with van der Waals surface area (Å²) in [4.78, 5) is 24.3. The molecule has 7 nitrogen and oxygen atoms in total. The lowest BCUT2D eigenvalue weighted by Crippen LogP contribution is -2.46. The van der Waals surface area contributed by atoms with E-state index in [0.29, 0.717) is 19.5 Å². The second kappa shape index (κ2) is 6.40. The summed E-state index contributed by atoms with van der Waals surface area (Å²) >= 11 is 0. The van der Waals surface area contributed by atoms with Crippen molar-refractivity contribution in [2.24, 2.45) is 0 Å². The molecule has 0 aromatic carbocycles. The molecule has 1 aromatic heterocycles. The molecular weight excluding hydrogens is 260 g/mol. The number of urea groups is 1. The number of nitrogens with zero attached hydrogens (tertiary/aromatic N) is 2. The quantitative estimate of drug-likeness (QED) is 0.698. The van der Waals surface area contributed by atoms with E-state index in [1.54, 1.807) is 6.20 Å². The molecule has 0 spiro atoms. The fourth-order valence-electron chi connectivity index (χ4n) is 2.47. The van der Waals surface area contributed by atoms with Crippen LogP contribution in [0.3, 0.4) is 0 Å². The lowest BCUT2D eigenvalue weighted by atomic mass is 10.1. The fourth-order valence-corrected chi connectivity index (χ4v) is 2.47. The van der Waals surface area contributed by atoms with E-state index in [1.165, 1.54) is 4.90 Å². The van der Waals surface area contributed by atoms with Crippen LogP contribution in [0.25, 0.3) is 0 Å². The van der Waals surface area contributed by atoms with Crippen molar-refractivity contribution < 1.29 is 14.7 Å². The van der Waals surface area contributed by atoms with Gasteiger partial charge in [0, 0.05) is 18.8 Å². The molecule has 2 heterocycles. The number of hydrogen-bond donors (Lipinski definition) is 3. The monoisotopic (exact) mass is 280 g/mol. The number of H-pyrrole nitrogens is 1. The molecular formula is C13H20N4O3. The number of nitrogens with one attached hydrogen (secondary N) is 2. The summed E-state index contributed by atoms with van der Waals surface area (Å²) in [6.45, 7) is 3.01. The largest absolute Gasteiger partial charge is 0.480 e. The Bertz CT molecular complexity index is 486. The van der Waals surface area contributed by atoms with E-state index in [2.05, 4.69) is 15.5 Å². The molecule has 0 saturated carbocycles. The lowest BCUT2D eigenvalue weighted by molar-refractivity contribution is -0.141. The highest BCUT2D eigenvalue weighted by molar-refractivity contribution is 5.83. The molecule has 3 N–H and O–H groups in total. The van der Waals surface area contributed by atoms with Crippen molar-refractivity contribution in [3.05, 3.63) is 17.5 Å². The maximum absolute atomic E-state index is 11.9. The zero-order chi connectivity index (χ0) is 14.5. The van der Waals surface area contributed by atoms with Crippen LogP contribution < -0.4 is 5.32 Å². The number of aromatic nitrogens is 2. The topological polar surface area (TPSA) is 98.3 Å². The summed E-state index contributed by atoms with van der Waals surface area (Å²) in [5, 5.41) is 18.6. The van der Waals surface area contributed by atoms with Crippen LogP contribution in [0.15, 0.2) is 6.20 Å². The van der Waals surface area contributed by atoms with E-state index < -0.39 is 12.0 Å². The molecule has 0 aliphatic carbocycles. The van der Waals surface area contributed by atoms with Crippen LogP contribution in [0.5, 0.6) is 0 Å². The van der Waals surface area contributed by atoms with E-state index in [1.807, 2.05) is 6.92 Å². The Morgan fingerprint density at radius 1 is 1.60 bits per heavy atom. The summed E-state index contributed by atoms with van der Waals surface area (Å²) in [7, 11) is 0. The van der Waals surface area contributed by atoms with Gasteiger partial charge in [0.05, 0.1) is 6.20 Å². The molecule has 0 unspecified atom stereocenters. The van der Waals surface area contributed by atoms with Gasteiger partial charge >= 0.3 is 12.0 Å². The molecule has 2 rings (SSSR count). The highest BCUT2D eigenvalue weighted by atomic mass is 16.4. The van der Waals surface area contributed by atoms with Crippen molar-refractivity contribution in [3.8, 4) is 0 Å². The third kappa shape index (κ3) is 3.28. The van der Waals surface area contributed by atoms with Crippen LogP contribution >= 0.6 is 0 Å². The summed E-state index contributed by atoms with van der Waals surface area (Å²) in [5.41, 5.74) is 2.19. The van der Waals surface area contributed by atoms with Gasteiger partial charge in [0.1, 0.15) is 6.04 Å². The lowest BCUT2D eigenvalue weighted by Gasteiger charge is -2.21. The molecule has 0 bridgehead atoms. The average molecular weight is 280 g/mol. The number of aryl methyl sites for hydroxylation is 2. The van der Waals surface area contributed by atoms with Crippen molar-refractivity contribution >= 4 is 12.0 Å². The van der Waals surface area contributed by atoms with Gasteiger partial charge in [-0.25, -0.2) is 9.59 Å². The molecule has 1 saturated heterocycles. The smallest absolute Gasteiger partial charge is 0.326 e. The first-order valence-electron chi connectivity index (χ1n) is 6.85. The number of amides is 2. The van der Waals surface area contributed by atoms with Crippen LogP contribution in [0.1, 0.15) is 30.5 Å². The zero-order valence-corrected chi connectivity index (χ0v) is 11.6.